The van der Waals surface area contributed by atoms with Crippen LogP contribution in [0.4, 0.5) is 11.4 Å². The molecule has 1 aliphatic heterocycles. The third kappa shape index (κ3) is 4.80. The highest BCUT2D eigenvalue weighted by molar-refractivity contribution is 7.92. The largest absolute Gasteiger partial charge is 0.495 e. The number of amides is 1. The second kappa shape index (κ2) is 9.29. The standard InChI is InChI=1S/C23H22N2O7S/c1-3-30-17-10-7-15(8-11-17)25-33(27,28)21-13-16(9-12-19(21)29-2)24-23(26)18-5-4-6-20-22(18)32-14-31-20/h4-13,25H,3,14H2,1-2H3,(H,24,26). The maximum atomic E-state index is 13.1. The van der Waals surface area contributed by atoms with Gasteiger partial charge in [0.25, 0.3) is 15.9 Å². The van der Waals surface area contributed by atoms with E-state index < -0.39 is 15.9 Å². The van der Waals surface area contributed by atoms with Crippen LogP contribution in [0.25, 0.3) is 0 Å². The molecule has 2 N–H and O–H groups in total. The van der Waals surface area contributed by atoms with Crippen molar-refractivity contribution in [3.05, 3.63) is 66.2 Å². The number of anilines is 2. The van der Waals surface area contributed by atoms with Gasteiger partial charge in [0, 0.05) is 11.4 Å². The lowest BCUT2D eigenvalue weighted by molar-refractivity contribution is 0.102. The molecule has 33 heavy (non-hydrogen) atoms. The minimum Gasteiger partial charge on any atom is -0.495 e. The number of rotatable bonds is 8. The van der Waals surface area contributed by atoms with E-state index in [9.17, 15) is 13.2 Å². The number of hydrogen-bond acceptors (Lipinski definition) is 7. The normalized spacial score (nSPS) is 12.2. The van der Waals surface area contributed by atoms with Gasteiger partial charge in [-0.25, -0.2) is 8.42 Å². The minimum absolute atomic E-state index is 0.0295. The van der Waals surface area contributed by atoms with Crippen LogP contribution in [0.5, 0.6) is 23.0 Å². The molecule has 0 saturated carbocycles. The van der Waals surface area contributed by atoms with Gasteiger partial charge in [0.15, 0.2) is 11.5 Å². The molecular formula is C23H22N2O7S. The zero-order valence-electron chi connectivity index (χ0n) is 18.0. The topological polar surface area (TPSA) is 112 Å². The fourth-order valence-electron chi connectivity index (χ4n) is 3.27. The molecule has 3 aromatic carbocycles. The molecule has 172 valence electrons. The Kier molecular flexibility index (Phi) is 6.27. The first-order valence-corrected chi connectivity index (χ1v) is 11.5. The zero-order valence-corrected chi connectivity index (χ0v) is 18.8. The SMILES string of the molecule is CCOc1ccc(NS(=O)(=O)c2cc(NC(=O)c3cccc4c3OCO4)ccc2OC)cc1. The predicted molar refractivity (Wildman–Crippen MR) is 122 cm³/mol. The van der Waals surface area contributed by atoms with Gasteiger partial charge in [-0.05, 0) is 61.5 Å². The molecule has 0 atom stereocenters. The fraction of sp³-hybridized carbons (Fsp3) is 0.174. The van der Waals surface area contributed by atoms with Gasteiger partial charge in [0.05, 0.1) is 19.3 Å². The summed E-state index contributed by atoms with van der Waals surface area (Å²) in [6.07, 6.45) is 0. The van der Waals surface area contributed by atoms with E-state index in [1.165, 1.54) is 19.2 Å². The smallest absolute Gasteiger partial charge is 0.265 e. The van der Waals surface area contributed by atoms with Crippen molar-refractivity contribution in [2.24, 2.45) is 0 Å². The van der Waals surface area contributed by atoms with Crippen LogP contribution in [0.3, 0.4) is 0 Å². The Morgan fingerprint density at radius 1 is 1.03 bits per heavy atom. The van der Waals surface area contributed by atoms with Gasteiger partial charge in [-0.15, -0.1) is 0 Å². The first kappa shape index (κ1) is 22.3. The molecule has 0 saturated heterocycles. The first-order chi connectivity index (χ1) is 15.9. The Bertz CT molecular complexity index is 1270. The van der Waals surface area contributed by atoms with Crippen LogP contribution in [-0.4, -0.2) is 34.8 Å². The van der Waals surface area contributed by atoms with E-state index in [1.807, 2.05) is 6.92 Å². The molecule has 4 rings (SSSR count). The fourth-order valence-corrected chi connectivity index (χ4v) is 4.52. The van der Waals surface area contributed by atoms with Crippen molar-refractivity contribution >= 4 is 27.3 Å². The van der Waals surface area contributed by atoms with Gasteiger partial charge >= 0.3 is 0 Å². The summed E-state index contributed by atoms with van der Waals surface area (Å²) in [7, 11) is -2.66. The number of hydrogen-bond donors (Lipinski definition) is 2. The minimum atomic E-state index is -4.03. The number of carbonyl (C=O) groups is 1. The molecule has 0 aliphatic carbocycles. The van der Waals surface area contributed by atoms with Crippen LogP contribution in [0.1, 0.15) is 17.3 Å². The van der Waals surface area contributed by atoms with Crippen molar-refractivity contribution in [2.75, 3.05) is 30.5 Å². The molecule has 1 heterocycles. The number of para-hydroxylation sites is 1. The third-order valence-electron chi connectivity index (χ3n) is 4.77. The maximum absolute atomic E-state index is 13.1. The quantitative estimate of drug-likeness (QED) is 0.514. The number of benzene rings is 3. The van der Waals surface area contributed by atoms with Crippen LogP contribution in [0.15, 0.2) is 65.6 Å². The van der Waals surface area contributed by atoms with E-state index in [4.69, 9.17) is 18.9 Å². The lowest BCUT2D eigenvalue weighted by atomic mass is 10.1. The van der Waals surface area contributed by atoms with Crippen molar-refractivity contribution in [3.63, 3.8) is 0 Å². The molecular weight excluding hydrogens is 448 g/mol. The first-order valence-electron chi connectivity index (χ1n) is 10.0. The Morgan fingerprint density at radius 3 is 2.52 bits per heavy atom. The molecule has 0 unspecified atom stereocenters. The molecule has 0 aromatic heterocycles. The van der Waals surface area contributed by atoms with Crippen LogP contribution < -0.4 is 29.0 Å². The molecule has 1 amide bonds. The van der Waals surface area contributed by atoms with Crippen molar-refractivity contribution in [1.82, 2.24) is 0 Å². The highest BCUT2D eigenvalue weighted by atomic mass is 32.2. The van der Waals surface area contributed by atoms with Gasteiger partial charge in [-0.1, -0.05) is 6.07 Å². The van der Waals surface area contributed by atoms with Crippen molar-refractivity contribution in [3.8, 4) is 23.0 Å². The van der Waals surface area contributed by atoms with Crippen LogP contribution in [0.2, 0.25) is 0 Å². The molecule has 1 aliphatic rings. The van der Waals surface area contributed by atoms with Crippen LogP contribution >= 0.6 is 0 Å². The summed E-state index contributed by atoms with van der Waals surface area (Å²) < 4.78 is 50.0. The zero-order chi connectivity index (χ0) is 23.4. The predicted octanol–water partition coefficient (Wildman–Crippen LogP) is 3.88. The Hall–Kier alpha value is -3.92. The van der Waals surface area contributed by atoms with Gasteiger partial charge in [0.2, 0.25) is 6.79 Å². The second-order valence-corrected chi connectivity index (χ2v) is 8.57. The summed E-state index contributed by atoms with van der Waals surface area (Å²) in [6.45, 7) is 2.40. The number of nitrogens with one attached hydrogen (secondary N) is 2. The summed E-state index contributed by atoms with van der Waals surface area (Å²) >= 11 is 0. The molecule has 0 spiro atoms. The van der Waals surface area contributed by atoms with E-state index in [1.54, 1.807) is 48.5 Å². The van der Waals surface area contributed by atoms with Crippen LogP contribution in [-0.2, 0) is 10.0 Å². The van der Waals surface area contributed by atoms with Crippen molar-refractivity contribution in [1.29, 1.82) is 0 Å². The lowest BCUT2D eigenvalue weighted by Crippen LogP contribution is -2.16. The molecule has 0 bridgehead atoms. The number of carbonyl (C=O) groups excluding carboxylic acids is 1. The van der Waals surface area contributed by atoms with Crippen LogP contribution in [0, 0.1) is 0 Å². The average molecular weight is 471 g/mol. The Labute approximate surface area is 191 Å². The molecule has 3 aromatic rings. The Balaban J connectivity index is 1.58. The summed E-state index contributed by atoms with van der Waals surface area (Å²) in [4.78, 5) is 12.7. The molecule has 0 radical (unpaired) electrons. The second-order valence-electron chi connectivity index (χ2n) is 6.92. The van der Waals surface area contributed by atoms with Crippen molar-refractivity contribution < 1.29 is 32.2 Å². The highest BCUT2D eigenvalue weighted by Gasteiger charge is 2.24. The van der Waals surface area contributed by atoms with E-state index in [0.717, 1.165) is 0 Å². The summed E-state index contributed by atoms with van der Waals surface area (Å²) in [5.41, 5.74) is 0.897. The van der Waals surface area contributed by atoms with Crippen molar-refractivity contribution in [2.45, 2.75) is 11.8 Å². The highest BCUT2D eigenvalue weighted by Crippen LogP contribution is 2.36. The van der Waals surface area contributed by atoms with E-state index in [2.05, 4.69) is 10.0 Å². The number of methoxy groups -OCH3 is 1. The molecule has 0 fully saturated rings. The van der Waals surface area contributed by atoms with Gasteiger partial charge in [-0.3, -0.25) is 9.52 Å². The summed E-state index contributed by atoms with van der Waals surface area (Å²) in [6, 6.07) is 15.8. The number of ether oxygens (including phenoxy) is 4. The van der Waals surface area contributed by atoms with E-state index >= 15 is 0 Å². The van der Waals surface area contributed by atoms with Gasteiger partial charge in [-0.2, -0.15) is 0 Å². The average Bonchev–Trinajstić information content (AvgIpc) is 3.29. The number of fused-ring (bicyclic) bond motifs is 1. The summed E-state index contributed by atoms with van der Waals surface area (Å²) in [5, 5.41) is 2.70. The third-order valence-corrected chi connectivity index (χ3v) is 6.17. The summed E-state index contributed by atoms with van der Waals surface area (Å²) in [5.74, 6) is 1.10. The molecule has 9 nitrogen and oxygen atoms in total. The number of sulfonamides is 1. The monoisotopic (exact) mass is 470 g/mol. The van der Waals surface area contributed by atoms with Gasteiger partial charge < -0.3 is 24.3 Å². The van der Waals surface area contributed by atoms with E-state index in [-0.39, 0.29) is 28.7 Å². The molecule has 10 heteroatoms. The van der Waals surface area contributed by atoms with Gasteiger partial charge in [0.1, 0.15) is 16.4 Å². The Morgan fingerprint density at radius 2 is 1.79 bits per heavy atom. The maximum Gasteiger partial charge on any atom is 0.265 e. The van der Waals surface area contributed by atoms with E-state index in [0.29, 0.717) is 29.5 Å². The lowest BCUT2D eigenvalue weighted by Gasteiger charge is -2.14.